The second-order valence-corrected chi connectivity index (χ2v) is 6.35. The van der Waals surface area contributed by atoms with Crippen LogP contribution in [0.1, 0.15) is 0 Å². The van der Waals surface area contributed by atoms with Crippen molar-refractivity contribution in [3.63, 3.8) is 0 Å². The van der Waals surface area contributed by atoms with Gasteiger partial charge in [-0.25, -0.2) is 0 Å². The zero-order valence-corrected chi connectivity index (χ0v) is 12.8. The smallest absolute Gasteiger partial charge is 0.339 e. The molecule has 0 saturated heterocycles. The number of nitrogens with two attached hydrogens (primary N) is 1. The van der Waals surface area contributed by atoms with Crippen LogP contribution in [0.5, 0.6) is 5.75 Å². The summed E-state index contributed by atoms with van der Waals surface area (Å²) in [6.07, 6.45) is 0. The first-order chi connectivity index (χ1) is 9.81. The molecule has 0 atom stereocenters. The highest BCUT2D eigenvalue weighted by molar-refractivity contribution is 9.10. The summed E-state index contributed by atoms with van der Waals surface area (Å²) in [5, 5.41) is 10.8. The lowest BCUT2D eigenvalue weighted by atomic mass is 10.3. The maximum Gasteiger partial charge on any atom is 0.339 e. The number of rotatable bonds is 4. The van der Waals surface area contributed by atoms with E-state index in [-0.39, 0.29) is 16.3 Å². The second kappa shape index (κ2) is 5.70. The Bertz CT molecular complexity index is 807. The summed E-state index contributed by atoms with van der Waals surface area (Å²) in [7, 11) is -4.20. The predicted octanol–water partition coefficient (Wildman–Crippen LogP) is 2.71. The molecule has 0 radical (unpaired) electrons. The Morgan fingerprint density at radius 1 is 1.19 bits per heavy atom. The van der Waals surface area contributed by atoms with E-state index in [1.165, 1.54) is 6.07 Å². The van der Waals surface area contributed by atoms with Gasteiger partial charge in [-0.15, -0.1) is 0 Å². The standard InChI is InChI=1S/C12H9BrN2O5S/c13-9-3-1-2-4-12(9)20-21(18,19)8-5-6-10(14)11(7-8)15(16)17/h1-7H,14H2. The first-order valence-corrected chi connectivity index (χ1v) is 7.74. The Morgan fingerprint density at radius 3 is 2.48 bits per heavy atom. The van der Waals surface area contributed by atoms with Crippen LogP contribution in [0.25, 0.3) is 0 Å². The Morgan fingerprint density at radius 2 is 1.86 bits per heavy atom. The molecular formula is C12H9BrN2O5S. The van der Waals surface area contributed by atoms with Crippen LogP contribution < -0.4 is 9.92 Å². The summed E-state index contributed by atoms with van der Waals surface area (Å²) in [4.78, 5) is 9.69. The van der Waals surface area contributed by atoms with Gasteiger partial charge in [-0.05, 0) is 40.2 Å². The molecule has 0 aromatic heterocycles. The minimum atomic E-state index is -4.20. The Kier molecular flexibility index (Phi) is 4.14. The van der Waals surface area contributed by atoms with E-state index in [4.69, 9.17) is 9.92 Å². The van der Waals surface area contributed by atoms with Gasteiger partial charge in [0.25, 0.3) is 5.69 Å². The van der Waals surface area contributed by atoms with Crippen molar-refractivity contribution < 1.29 is 17.5 Å². The molecule has 2 rings (SSSR count). The van der Waals surface area contributed by atoms with Gasteiger partial charge >= 0.3 is 10.1 Å². The topological polar surface area (TPSA) is 113 Å². The molecule has 0 aliphatic carbocycles. The number of para-hydroxylation sites is 1. The molecule has 2 aromatic carbocycles. The third kappa shape index (κ3) is 3.31. The van der Waals surface area contributed by atoms with Crippen LogP contribution in [0.4, 0.5) is 11.4 Å². The van der Waals surface area contributed by atoms with Gasteiger partial charge in [0.05, 0.1) is 9.40 Å². The minimum absolute atomic E-state index is 0.0805. The van der Waals surface area contributed by atoms with E-state index >= 15 is 0 Å². The van der Waals surface area contributed by atoms with Gasteiger partial charge in [-0.1, -0.05) is 12.1 Å². The summed E-state index contributed by atoms with van der Waals surface area (Å²) in [5.74, 6) is 0.0805. The van der Waals surface area contributed by atoms with Gasteiger partial charge in [0.2, 0.25) is 0 Å². The van der Waals surface area contributed by atoms with Gasteiger partial charge in [0.15, 0.2) is 5.75 Å². The maximum atomic E-state index is 12.1. The van der Waals surface area contributed by atoms with E-state index in [0.29, 0.717) is 4.47 Å². The summed E-state index contributed by atoms with van der Waals surface area (Å²) in [6.45, 7) is 0. The van der Waals surface area contributed by atoms with E-state index in [9.17, 15) is 18.5 Å². The lowest BCUT2D eigenvalue weighted by Gasteiger charge is -2.08. The number of hydrogen-bond donors (Lipinski definition) is 1. The highest BCUT2D eigenvalue weighted by Gasteiger charge is 2.22. The van der Waals surface area contributed by atoms with Crippen molar-refractivity contribution in [2.45, 2.75) is 4.90 Å². The number of nitrogens with zero attached hydrogens (tertiary/aromatic N) is 1. The number of benzene rings is 2. The van der Waals surface area contributed by atoms with E-state index in [0.717, 1.165) is 18.2 Å². The molecule has 0 fully saturated rings. The molecule has 110 valence electrons. The summed E-state index contributed by atoms with van der Waals surface area (Å²) in [5.41, 5.74) is 4.81. The molecule has 0 saturated carbocycles. The van der Waals surface area contributed by atoms with Crippen molar-refractivity contribution in [2.75, 3.05) is 5.73 Å². The summed E-state index contributed by atoms with van der Waals surface area (Å²) >= 11 is 3.15. The molecule has 0 spiro atoms. The van der Waals surface area contributed by atoms with Crippen LogP contribution in [0.2, 0.25) is 0 Å². The predicted molar refractivity (Wildman–Crippen MR) is 79.5 cm³/mol. The van der Waals surface area contributed by atoms with Gasteiger partial charge in [-0.3, -0.25) is 10.1 Å². The number of nitro groups is 1. The van der Waals surface area contributed by atoms with Gasteiger partial charge in [0, 0.05) is 6.07 Å². The van der Waals surface area contributed by atoms with Crippen molar-refractivity contribution in [2.24, 2.45) is 0 Å². The third-order valence-electron chi connectivity index (χ3n) is 2.52. The van der Waals surface area contributed by atoms with E-state index < -0.39 is 20.7 Å². The molecule has 7 nitrogen and oxygen atoms in total. The zero-order chi connectivity index (χ0) is 15.6. The maximum absolute atomic E-state index is 12.1. The first kappa shape index (κ1) is 15.3. The molecular weight excluding hydrogens is 364 g/mol. The van der Waals surface area contributed by atoms with Gasteiger partial charge in [-0.2, -0.15) is 8.42 Å². The van der Waals surface area contributed by atoms with E-state index in [2.05, 4.69) is 15.9 Å². The van der Waals surface area contributed by atoms with E-state index in [1.807, 2.05) is 0 Å². The number of hydrogen-bond acceptors (Lipinski definition) is 6. The highest BCUT2D eigenvalue weighted by atomic mass is 79.9. The molecule has 21 heavy (non-hydrogen) atoms. The summed E-state index contributed by atoms with van der Waals surface area (Å²) in [6, 6.07) is 9.51. The fourth-order valence-corrected chi connectivity index (χ4v) is 2.96. The van der Waals surface area contributed by atoms with Crippen LogP contribution in [0.3, 0.4) is 0 Å². The summed E-state index contributed by atoms with van der Waals surface area (Å²) < 4.78 is 29.7. The van der Waals surface area contributed by atoms with Crippen LogP contribution in [-0.4, -0.2) is 13.3 Å². The van der Waals surface area contributed by atoms with Crippen LogP contribution >= 0.6 is 15.9 Å². The van der Waals surface area contributed by atoms with Crippen molar-refractivity contribution >= 4 is 37.4 Å². The highest BCUT2D eigenvalue weighted by Crippen LogP contribution is 2.29. The number of nitrogen functional groups attached to an aromatic ring is 1. The van der Waals surface area contributed by atoms with Crippen LogP contribution in [-0.2, 0) is 10.1 Å². The normalized spacial score (nSPS) is 11.1. The van der Waals surface area contributed by atoms with Gasteiger partial charge in [0.1, 0.15) is 10.6 Å². The Hall–Kier alpha value is -2.13. The average Bonchev–Trinajstić information content (AvgIpc) is 2.41. The molecule has 2 N–H and O–H groups in total. The Balaban J connectivity index is 2.43. The van der Waals surface area contributed by atoms with Crippen LogP contribution in [0, 0.1) is 10.1 Å². The van der Waals surface area contributed by atoms with Crippen molar-refractivity contribution in [1.29, 1.82) is 0 Å². The van der Waals surface area contributed by atoms with E-state index in [1.54, 1.807) is 18.2 Å². The molecule has 2 aromatic rings. The van der Waals surface area contributed by atoms with Crippen molar-refractivity contribution in [3.8, 4) is 5.75 Å². The first-order valence-electron chi connectivity index (χ1n) is 5.54. The second-order valence-electron chi connectivity index (χ2n) is 3.95. The molecule has 0 aliphatic heterocycles. The third-order valence-corrected chi connectivity index (χ3v) is 4.41. The lowest BCUT2D eigenvalue weighted by molar-refractivity contribution is -0.384. The fourth-order valence-electron chi connectivity index (χ4n) is 1.52. The number of halogens is 1. The van der Waals surface area contributed by atoms with Crippen molar-refractivity contribution in [1.82, 2.24) is 0 Å². The monoisotopic (exact) mass is 372 g/mol. The number of nitro benzene ring substituents is 1. The molecule has 0 amide bonds. The zero-order valence-electron chi connectivity index (χ0n) is 10.4. The van der Waals surface area contributed by atoms with Gasteiger partial charge < -0.3 is 9.92 Å². The molecule has 0 aliphatic rings. The molecule has 0 bridgehead atoms. The fraction of sp³-hybridized carbons (Fsp3) is 0. The SMILES string of the molecule is Nc1ccc(S(=O)(=O)Oc2ccccc2Br)cc1[N+](=O)[O-]. The molecule has 0 heterocycles. The minimum Gasteiger partial charge on any atom is -0.393 e. The molecule has 9 heteroatoms. The van der Waals surface area contributed by atoms with Crippen molar-refractivity contribution in [3.05, 3.63) is 57.1 Å². The Labute approximate surface area is 128 Å². The largest absolute Gasteiger partial charge is 0.393 e. The quantitative estimate of drug-likeness (QED) is 0.382. The average molecular weight is 373 g/mol. The lowest BCUT2D eigenvalue weighted by Crippen LogP contribution is -2.11. The molecule has 0 unspecified atom stereocenters. The number of anilines is 1. The van der Waals surface area contributed by atoms with Crippen LogP contribution in [0.15, 0.2) is 51.8 Å².